The first-order valence-corrected chi connectivity index (χ1v) is 8.41. The fourth-order valence-corrected chi connectivity index (χ4v) is 5.69. The molecule has 4 aliphatic carbocycles. The highest BCUT2D eigenvalue weighted by atomic mass is 16.3. The Morgan fingerprint density at radius 1 is 1.19 bits per heavy atom. The highest BCUT2D eigenvalue weighted by molar-refractivity contribution is 5.91. The molecule has 4 fully saturated rings. The minimum atomic E-state index is -0.0497. The Bertz CT molecular complexity index is 524. The summed E-state index contributed by atoms with van der Waals surface area (Å²) < 4.78 is 5.45. The lowest BCUT2D eigenvalue weighted by atomic mass is 9.48. The van der Waals surface area contributed by atoms with Crippen LogP contribution in [0.1, 0.15) is 61.8 Å². The van der Waals surface area contributed by atoms with E-state index in [1.165, 1.54) is 38.5 Å². The quantitative estimate of drug-likeness (QED) is 0.915. The van der Waals surface area contributed by atoms with Crippen molar-refractivity contribution in [2.24, 2.45) is 23.2 Å². The number of carbonyl (C=O) groups is 1. The summed E-state index contributed by atoms with van der Waals surface area (Å²) in [5.74, 6) is 3.95. The smallest absolute Gasteiger partial charge is 0.287 e. The van der Waals surface area contributed by atoms with Crippen molar-refractivity contribution in [1.29, 1.82) is 0 Å². The molecule has 21 heavy (non-hydrogen) atoms. The van der Waals surface area contributed by atoms with E-state index in [4.69, 9.17) is 4.42 Å². The fraction of sp³-hybridized carbons (Fsp3) is 0.722. The zero-order valence-electron chi connectivity index (χ0n) is 13.0. The predicted molar refractivity (Wildman–Crippen MR) is 81.0 cm³/mol. The number of nitrogens with one attached hydrogen (secondary N) is 1. The number of hydrogen-bond acceptors (Lipinski definition) is 2. The number of carbonyl (C=O) groups excluding carboxylic acids is 1. The summed E-state index contributed by atoms with van der Waals surface area (Å²) in [5, 5.41) is 3.23. The first kappa shape index (κ1) is 13.4. The van der Waals surface area contributed by atoms with Crippen LogP contribution in [0.25, 0.3) is 0 Å². The van der Waals surface area contributed by atoms with E-state index in [2.05, 4.69) is 12.2 Å². The molecule has 1 aromatic rings. The average molecular weight is 287 g/mol. The van der Waals surface area contributed by atoms with Gasteiger partial charge in [-0.15, -0.1) is 0 Å². The van der Waals surface area contributed by atoms with Crippen LogP contribution in [0.3, 0.4) is 0 Å². The van der Waals surface area contributed by atoms with Gasteiger partial charge >= 0.3 is 0 Å². The molecule has 1 atom stereocenters. The van der Waals surface area contributed by atoms with Crippen molar-refractivity contribution in [3.63, 3.8) is 0 Å². The maximum absolute atomic E-state index is 12.4. The average Bonchev–Trinajstić information content (AvgIpc) is 2.84. The lowest BCUT2D eigenvalue weighted by Crippen LogP contribution is -2.55. The van der Waals surface area contributed by atoms with E-state index in [1.807, 2.05) is 13.0 Å². The molecule has 0 saturated heterocycles. The molecule has 1 aromatic heterocycles. The number of furan rings is 1. The number of aryl methyl sites for hydroxylation is 1. The van der Waals surface area contributed by atoms with Crippen molar-refractivity contribution in [2.75, 3.05) is 0 Å². The second-order valence-corrected chi connectivity index (χ2v) is 7.89. The van der Waals surface area contributed by atoms with Gasteiger partial charge in [-0.1, -0.05) is 0 Å². The largest absolute Gasteiger partial charge is 0.456 e. The molecule has 5 rings (SSSR count). The van der Waals surface area contributed by atoms with Crippen molar-refractivity contribution >= 4 is 5.91 Å². The van der Waals surface area contributed by atoms with Crippen molar-refractivity contribution in [1.82, 2.24) is 5.32 Å². The van der Waals surface area contributed by atoms with E-state index >= 15 is 0 Å². The normalized spacial score (nSPS) is 38.5. The summed E-state index contributed by atoms with van der Waals surface area (Å²) in [4.78, 5) is 12.4. The summed E-state index contributed by atoms with van der Waals surface area (Å²) in [7, 11) is 0. The first-order chi connectivity index (χ1) is 10.0. The van der Waals surface area contributed by atoms with Gasteiger partial charge < -0.3 is 9.73 Å². The molecule has 3 heteroatoms. The maximum Gasteiger partial charge on any atom is 0.287 e. The molecule has 0 radical (unpaired) electrons. The molecular weight excluding hydrogens is 262 g/mol. The van der Waals surface area contributed by atoms with Crippen LogP contribution in [0, 0.1) is 30.1 Å². The summed E-state index contributed by atoms with van der Waals surface area (Å²) in [6, 6.07) is 3.88. The van der Waals surface area contributed by atoms with Gasteiger partial charge in [-0.25, -0.2) is 0 Å². The Morgan fingerprint density at radius 2 is 1.76 bits per heavy atom. The van der Waals surface area contributed by atoms with Gasteiger partial charge in [-0.05, 0) is 87.7 Å². The van der Waals surface area contributed by atoms with E-state index < -0.39 is 0 Å². The topological polar surface area (TPSA) is 42.2 Å². The Hall–Kier alpha value is -1.25. The zero-order chi connectivity index (χ0) is 14.6. The van der Waals surface area contributed by atoms with Gasteiger partial charge in [-0.2, -0.15) is 0 Å². The third kappa shape index (κ3) is 2.21. The molecule has 1 heterocycles. The van der Waals surface area contributed by atoms with Crippen LogP contribution in [0.4, 0.5) is 0 Å². The highest BCUT2D eigenvalue weighted by Crippen LogP contribution is 2.61. The summed E-state index contributed by atoms with van der Waals surface area (Å²) in [6.45, 7) is 4.08. The van der Waals surface area contributed by atoms with Crippen LogP contribution >= 0.6 is 0 Å². The van der Waals surface area contributed by atoms with E-state index in [0.717, 1.165) is 23.5 Å². The zero-order valence-corrected chi connectivity index (χ0v) is 13.0. The third-order valence-corrected chi connectivity index (χ3v) is 6.32. The van der Waals surface area contributed by atoms with Crippen molar-refractivity contribution in [2.45, 2.75) is 58.4 Å². The van der Waals surface area contributed by atoms with Gasteiger partial charge in [0.05, 0.1) is 0 Å². The molecule has 3 nitrogen and oxygen atoms in total. The van der Waals surface area contributed by atoms with Crippen LogP contribution < -0.4 is 5.32 Å². The molecule has 4 bridgehead atoms. The van der Waals surface area contributed by atoms with E-state index in [9.17, 15) is 4.79 Å². The van der Waals surface area contributed by atoms with Gasteiger partial charge in [0.2, 0.25) is 0 Å². The molecule has 0 aromatic carbocycles. The summed E-state index contributed by atoms with van der Waals surface area (Å²) >= 11 is 0. The first-order valence-electron chi connectivity index (χ1n) is 8.41. The minimum absolute atomic E-state index is 0.0497. The Morgan fingerprint density at radius 3 is 2.24 bits per heavy atom. The standard InChI is InChI=1S/C18H25NO2/c1-11-3-4-16(21-11)17(20)19-12(2)18-8-13-5-14(9-18)7-15(6-13)10-18/h3-4,12-15H,5-10H2,1-2H3,(H,19,20)/t12-,13?,14?,15?,18?/m1/s1. The van der Waals surface area contributed by atoms with Crippen molar-refractivity contribution < 1.29 is 9.21 Å². The molecule has 4 aliphatic rings. The van der Waals surface area contributed by atoms with Gasteiger partial charge in [0.25, 0.3) is 5.91 Å². The molecule has 1 N–H and O–H groups in total. The maximum atomic E-state index is 12.4. The van der Waals surface area contributed by atoms with Gasteiger partial charge in [-0.3, -0.25) is 4.79 Å². The fourth-order valence-electron chi connectivity index (χ4n) is 5.69. The Kier molecular flexibility index (Phi) is 2.95. The van der Waals surface area contributed by atoms with E-state index in [0.29, 0.717) is 11.2 Å². The van der Waals surface area contributed by atoms with Crippen LogP contribution in [0.5, 0.6) is 0 Å². The van der Waals surface area contributed by atoms with Gasteiger partial charge in [0, 0.05) is 6.04 Å². The highest BCUT2D eigenvalue weighted by Gasteiger charge is 2.53. The molecule has 0 spiro atoms. The molecule has 114 valence electrons. The second kappa shape index (κ2) is 4.62. The molecular formula is C18H25NO2. The monoisotopic (exact) mass is 287 g/mol. The van der Waals surface area contributed by atoms with Gasteiger partial charge in [0.1, 0.15) is 5.76 Å². The van der Waals surface area contributed by atoms with Crippen LogP contribution in [-0.2, 0) is 0 Å². The lowest BCUT2D eigenvalue weighted by Gasteiger charge is -2.59. The number of rotatable bonds is 3. The molecule has 1 amide bonds. The van der Waals surface area contributed by atoms with Crippen molar-refractivity contribution in [3.8, 4) is 0 Å². The summed E-state index contributed by atoms with van der Waals surface area (Å²) in [5.41, 5.74) is 0.353. The van der Waals surface area contributed by atoms with Crippen LogP contribution in [-0.4, -0.2) is 11.9 Å². The second-order valence-electron chi connectivity index (χ2n) is 7.89. The SMILES string of the molecule is Cc1ccc(C(=O)N[C@H](C)C23CC4CC(CC(C4)C2)C3)o1. The van der Waals surface area contributed by atoms with E-state index in [-0.39, 0.29) is 11.9 Å². The molecule has 4 saturated carbocycles. The van der Waals surface area contributed by atoms with Crippen molar-refractivity contribution in [3.05, 3.63) is 23.7 Å². The number of hydrogen-bond donors (Lipinski definition) is 1. The Balaban J connectivity index is 1.50. The predicted octanol–water partition coefficient (Wildman–Crippen LogP) is 3.92. The third-order valence-electron chi connectivity index (χ3n) is 6.32. The Labute approximate surface area is 126 Å². The molecule has 0 unspecified atom stereocenters. The van der Waals surface area contributed by atoms with Crippen LogP contribution in [0.2, 0.25) is 0 Å². The van der Waals surface area contributed by atoms with Gasteiger partial charge in [0.15, 0.2) is 5.76 Å². The van der Waals surface area contributed by atoms with Crippen LogP contribution in [0.15, 0.2) is 16.5 Å². The van der Waals surface area contributed by atoms with E-state index in [1.54, 1.807) is 6.07 Å². The summed E-state index contributed by atoms with van der Waals surface area (Å²) in [6.07, 6.45) is 8.28. The molecule has 0 aliphatic heterocycles. The number of amides is 1. The minimum Gasteiger partial charge on any atom is -0.456 e. The lowest BCUT2D eigenvalue weighted by molar-refractivity contribution is -0.0688.